The third-order valence-electron chi connectivity index (χ3n) is 10.3. The molecule has 5 N–H and O–H groups in total. The summed E-state index contributed by atoms with van der Waals surface area (Å²) in [6.07, 6.45) is 16.2. The second-order valence-electron chi connectivity index (χ2n) is 14.7. The Hall–Kier alpha value is -3.14. The van der Waals surface area contributed by atoms with Gasteiger partial charge in [0.25, 0.3) is 0 Å². The molecule has 1 unspecified atom stereocenters. The molecule has 0 radical (unpaired) electrons. The van der Waals surface area contributed by atoms with Crippen LogP contribution in [0.15, 0.2) is 36.7 Å². The number of unbranched alkanes of at least 4 members (excludes halogenated alkanes) is 15. The zero-order valence-electron chi connectivity index (χ0n) is 32.4. The molecule has 6 atom stereocenters. The summed E-state index contributed by atoms with van der Waals surface area (Å²) in [6, 6.07) is 11.9. The number of anilines is 1. The molecule has 0 saturated carbocycles. The van der Waals surface area contributed by atoms with Crippen LogP contribution in [0.4, 0.5) is 5.82 Å². The average molecular weight is 817 g/mol. The summed E-state index contributed by atoms with van der Waals surface area (Å²) in [4.78, 5) is 14.6. The van der Waals surface area contributed by atoms with Gasteiger partial charge in [0, 0.05) is 5.02 Å². The van der Waals surface area contributed by atoms with Gasteiger partial charge in [-0.15, -0.1) is 0 Å². The fraction of sp³-hybridized carbons (Fsp3) is 0.650. The maximum atomic E-state index is 13.1. The highest BCUT2D eigenvalue weighted by Crippen LogP contribution is 2.48. The summed E-state index contributed by atoms with van der Waals surface area (Å²) in [7, 11) is -4.83. The van der Waals surface area contributed by atoms with Gasteiger partial charge in [0.05, 0.1) is 36.6 Å². The minimum Gasteiger partial charge on any atom is -0.387 e. The number of phosphoric ester groups is 1. The standard InChI is InChI=1S/C40H58ClN6O8P/c1-2-3-4-5-6-7-8-9-10-11-12-13-14-15-16-17-18-33(52-25-31-21-30(24-42)22-32(41)23-31)26-53-56(50,51)54-28-40(27-43)38(49)36(48)37(55-40)34-19-20-35-39(44)45-29-46-47(34)35/h19-23,29,33,36-38,48-49H,2-18,25-26,28H2,1H3,(H,50,51)(H2,44,45,46)/t33-,36+,37+,38+,40-/m1/s1. The van der Waals surface area contributed by atoms with Gasteiger partial charge in [0.15, 0.2) is 5.82 Å². The second-order valence-corrected chi connectivity index (χ2v) is 16.6. The summed E-state index contributed by atoms with van der Waals surface area (Å²) in [5, 5.41) is 45.7. The van der Waals surface area contributed by atoms with E-state index >= 15 is 0 Å². The molecule has 14 nitrogen and oxygen atoms in total. The molecule has 0 spiro atoms. The zero-order valence-corrected chi connectivity index (χ0v) is 34.1. The molecule has 56 heavy (non-hydrogen) atoms. The second kappa shape index (κ2) is 23.3. The first-order chi connectivity index (χ1) is 27.0. The predicted molar refractivity (Wildman–Crippen MR) is 212 cm³/mol. The summed E-state index contributed by atoms with van der Waals surface area (Å²) >= 11 is 6.18. The van der Waals surface area contributed by atoms with Crippen molar-refractivity contribution in [2.45, 2.75) is 153 Å². The van der Waals surface area contributed by atoms with Crippen molar-refractivity contribution in [3.05, 3.63) is 58.5 Å². The van der Waals surface area contributed by atoms with Gasteiger partial charge in [-0.05, 0) is 42.3 Å². The summed E-state index contributed by atoms with van der Waals surface area (Å²) in [5.41, 5.74) is 5.43. The Balaban J connectivity index is 1.24. The third-order valence-corrected chi connectivity index (χ3v) is 11.4. The number of fused-ring (bicyclic) bond motifs is 1. The fourth-order valence-electron chi connectivity index (χ4n) is 7.01. The Bertz CT molecular complexity index is 1790. The molecule has 0 bridgehead atoms. The summed E-state index contributed by atoms with van der Waals surface area (Å²) in [5.74, 6) is 0.170. The molecule has 16 heteroatoms. The molecule has 0 aliphatic carbocycles. The van der Waals surface area contributed by atoms with E-state index in [1.54, 1.807) is 36.4 Å². The number of aliphatic hydroxyl groups is 2. The van der Waals surface area contributed by atoms with E-state index in [-0.39, 0.29) is 24.7 Å². The van der Waals surface area contributed by atoms with Gasteiger partial charge in [0.2, 0.25) is 5.60 Å². The lowest BCUT2D eigenvalue weighted by atomic mass is 9.96. The van der Waals surface area contributed by atoms with E-state index in [0.29, 0.717) is 28.1 Å². The highest BCUT2D eigenvalue weighted by Gasteiger charge is 2.57. The largest absolute Gasteiger partial charge is 0.472 e. The van der Waals surface area contributed by atoms with Crippen LogP contribution in [0.5, 0.6) is 0 Å². The van der Waals surface area contributed by atoms with Crippen LogP contribution in [0.2, 0.25) is 5.02 Å². The van der Waals surface area contributed by atoms with Crippen LogP contribution in [-0.4, -0.2) is 66.8 Å². The molecule has 0 amide bonds. The molecule has 3 aromatic rings. The van der Waals surface area contributed by atoms with E-state index < -0.39 is 44.4 Å². The number of nitriles is 2. The van der Waals surface area contributed by atoms with E-state index in [1.807, 2.05) is 0 Å². The monoisotopic (exact) mass is 816 g/mol. The Kier molecular flexibility index (Phi) is 19.0. The molecule has 4 rings (SSSR count). The number of hydrogen-bond acceptors (Lipinski definition) is 12. The minimum atomic E-state index is -4.83. The van der Waals surface area contributed by atoms with Crippen LogP contribution in [0.25, 0.3) is 5.52 Å². The van der Waals surface area contributed by atoms with Gasteiger partial charge in [0.1, 0.15) is 42.8 Å². The topological polar surface area (TPSA) is 218 Å². The Morgan fingerprint density at radius 2 is 1.59 bits per heavy atom. The number of benzene rings is 1. The lowest BCUT2D eigenvalue weighted by molar-refractivity contribution is -0.0763. The highest BCUT2D eigenvalue weighted by molar-refractivity contribution is 7.47. The molecule has 308 valence electrons. The van der Waals surface area contributed by atoms with Crippen LogP contribution in [0.1, 0.15) is 139 Å². The molecule has 1 fully saturated rings. The number of aliphatic hydroxyl groups excluding tert-OH is 2. The molecular weight excluding hydrogens is 759 g/mol. The van der Waals surface area contributed by atoms with Crippen LogP contribution < -0.4 is 5.73 Å². The number of ether oxygens (including phenoxy) is 2. The predicted octanol–water partition coefficient (Wildman–Crippen LogP) is 8.26. The maximum absolute atomic E-state index is 13.1. The molecule has 2 aromatic heterocycles. The molecule has 1 aromatic carbocycles. The maximum Gasteiger partial charge on any atom is 0.472 e. The Morgan fingerprint density at radius 3 is 2.20 bits per heavy atom. The molecule has 3 heterocycles. The van der Waals surface area contributed by atoms with Gasteiger partial charge >= 0.3 is 7.82 Å². The number of nitrogens with zero attached hydrogens (tertiary/aromatic N) is 5. The number of rotatable bonds is 27. The number of nitrogen functional groups attached to an aromatic ring is 1. The molecule has 1 aliphatic rings. The first-order valence-electron chi connectivity index (χ1n) is 20.0. The zero-order chi connectivity index (χ0) is 40.4. The van der Waals surface area contributed by atoms with Crippen LogP contribution in [0.3, 0.4) is 0 Å². The quantitative estimate of drug-likeness (QED) is 0.0421. The van der Waals surface area contributed by atoms with Crippen LogP contribution in [-0.2, 0) is 29.7 Å². The van der Waals surface area contributed by atoms with E-state index in [1.165, 1.54) is 87.9 Å². The van der Waals surface area contributed by atoms with Crippen molar-refractivity contribution >= 4 is 30.8 Å². The summed E-state index contributed by atoms with van der Waals surface area (Å²) in [6.45, 7) is 1.13. The Morgan fingerprint density at radius 1 is 0.964 bits per heavy atom. The number of phosphoric acid groups is 1. The number of halogens is 1. The SMILES string of the molecule is CCCCCCCCCCCCCCCCCC[C@H](COP(=O)(O)OC[C@@]1(C#N)O[C@@H](c2ccc3c(N)ncnn23)[C@H](O)[C@@H]1O)OCc1cc(Cl)cc(C#N)c1. The van der Waals surface area contributed by atoms with Gasteiger partial charge in [-0.3, -0.25) is 9.05 Å². The number of aromatic nitrogens is 3. The van der Waals surface area contributed by atoms with Crippen LogP contribution in [0, 0.1) is 22.7 Å². The lowest BCUT2D eigenvalue weighted by Gasteiger charge is -2.26. The van der Waals surface area contributed by atoms with E-state index in [9.17, 15) is 30.2 Å². The molecule has 1 aliphatic heterocycles. The van der Waals surface area contributed by atoms with Crippen molar-refractivity contribution in [3.63, 3.8) is 0 Å². The number of nitrogens with two attached hydrogens (primary N) is 1. The van der Waals surface area contributed by atoms with Gasteiger partial charge in [-0.1, -0.05) is 121 Å². The molecule has 1 saturated heterocycles. The normalized spacial score (nSPS) is 21.2. The first kappa shape index (κ1) is 45.6. The third kappa shape index (κ3) is 13.8. The van der Waals surface area contributed by atoms with Crippen molar-refractivity contribution in [3.8, 4) is 12.1 Å². The summed E-state index contributed by atoms with van der Waals surface area (Å²) < 4.78 is 37.0. The van der Waals surface area contributed by atoms with Gasteiger partial charge in [-0.25, -0.2) is 14.1 Å². The average Bonchev–Trinajstić information content (AvgIpc) is 3.73. The van der Waals surface area contributed by atoms with Crippen molar-refractivity contribution in [2.24, 2.45) is 0 Å². The smallest absolute Gasteiger partial charge is 0.387 e. The van der Waals surface area contributed by atoms with Gasteiger partial charge < -0.3 is 30.3 Å². The van der Waals surface area contributed by atoms with Crippen molar-refractivity contribution < 1.29 is 38.2 Å². The van der Waals surface area contributed by atoms with E-state index in [4.69, 9.17) is 35.9 Å². The molecular formula is C40H58ClN6O8P. The highest BCUT2D eigenvalue weighted by atomic mass is 35.5. The van der Waals surface area contributed by atoms with E-state index in [2.05, 4.69) is 23.1 Å². The van der Waals surface area contributed by atoms with Crippen molar-refractivity contribution in [1.29, 1.82) is 10.5 Å². The van der Waals surface area contributed by atoms with Crippen molar-refractivity contribution in [1.82, 2.24) is 14.6 Å². The minimum absolute atomic E-state index is 0.0839. The fourth-order valence-corrected chi connectivity index (χ4v) is 8.06. The van der Waals surface area contributed by atoms with Crippen LogP contribution >= 0.6 is 19.4 Å². The first-order valence-corrected chi connectivity index (χ1v) is 21.9. The lowest BCUT2D eigenvalue weighted by Crippen LogP contribution is -2.45. The Labute approximate surface area is 335 Å². The van der Waals surface area contributed by atoms with E-state index in [0.717, 1.165) is 25.7 Å². The van der Waals surface area contributed by atoms with Crippen molar-refractivity contribution in [2.75, 3.05) is 18.9 Å². The van der Waals surface area contributed by atoms with Gasteiger partial charge in [-0.2, -0.15) is 15.6 Å². The number of hydrogen-bond donors (Lipinski definition) is 4.